The number of nitrogens with zero attached hydrogens (tertiary/aromatic N) is 1. The molecular formula is C26H30FN3O6. The molecule has 2 aliphatic rings. The molecule has 192 valence electrons. The zero-order chi connectivity index (χ0) is 26.0. The van der Waals surface area contributed by atoms with Crippen LogP contribution in [0.5, 0.6) is 11.5 Å². The van der Waals surface area contributed by atoms with Crippen LogP contribution in [-0.4, -0.2) is 64.2 Å². The van der Waals surface area contributed by atoms with Crippen LogP contribution in [0.1, 0.15) is 53.3 Å². The molecule has 1 aliphatic carbocycles. The Hall–Kier alpha value is -3.66. The molecule has 1 unspecified atom stereocenters. The second-order valence-electron chi connectivity index (χ2n) is 9.59. The zero-order valence-corrected chi connectivity index (χ0v) is 20.0. The number of hydrogen-bond donors (Lipinski definition) is 5. The Morgan fingerprint density at radius 3 is 2.33 bits per heavy atom. The van der Waals surface area contributed by atoms with E-state index in [4.69, 9.17) is 0 Å². The van der Waals surface area contributed by atoms with Crippen LogP contribution in [0.3, 0.4) is 0 Å². The molecule has 36 heavy (non-hydrogen) atoms. The van der Waals surface area contributed by atoms with Gasteiger partial charge in [0.1, 0.15) is 29.0 Å². The van der Waals surface area contributed by atoms with Gasteiger partial charge in [-0.25, -0.2) is 4.39 Å². The van der Waals surface area contributed by atoms with Crippen molar-refractivity contribution in [2.45, 2.75) is 44.2 Å². The number of rotatable bonds is 8. The first-order valence-corrected chi connectivity index (χ1v) is 12.0. The largest absolute Gasteiger partial charge is 0.508 e. The van der Waals surface area contributed by atoms with Crippen molar-refractivity contribution in [3.05, 3.63) is 53.3 Å². The second-order valence-corrected chi connectivity index (χ2v) is 9.59. The van der Waals surface area contributed by atoms with Gasteiger partial charge >= 0.3 is 0 Å². The molecule has 5 N–H and O–H groups in total. The van der Waals surface area contributed by atoms with Crippen molar-refractivity contribution >= 4 is 23.3 Å². The van der Waals surface area contributed by atoms with Gasteiger partial charge in [-0.3, -0.25) is 14.4 Å². The number of aliphatic hydroxyl groups excluding tert-OH is 1. The highest BCUT2D eigenvalue weighted by molar-refractivity contribution is 6.04. The van der Waals surface area contributed by atoms with E-state index in [1.807, 2.05) is 4.90 Å². The number of nitrogens with one attached hydrogen (secondary N) is 2. The third-order valence-electron chi connectivity index (χ3n) is 6.83. The average Bonchev–Trinajstić information content (AvgIpc) is 3.62. The molecule has 0 spiro atoms. The Morgan fingerprint density at radius 1 is 1.11 bits per heavy atom. The number of phenols is 2. The molecule has 2 amide bonds. The van der Waals surface area contributed by atoms with Crippen LogP contribution in [0.4, 0.5) is 10.1 Å². The van der Waals surface area contributed by atoms with Crippen molar-refractivity contribution in [1.82, 2.24) is 10.6 Å². The lowest BCUT2D eigenvalue weighted by Gasteiger charge is -2.35. The lowest BCUT2D eigenvalue weighted by molar-refractivity contribution is -0.124. The predicted octanol–water partition coefficient (Wildman–Crippen LogP) is 2.10. The van der Waals surface area contributed by atoms with Gasteiger partial charge in [0.05, 0.1) is 11.3 Å². The van der Waals surface area contributed by atoms with E-state index in [0.29, 0.717) is 51.0 Å². The monoisotopic (exact) mass is 499 g/mol. The topological polar surface area (TPSA) is 139 Å². The quantitative estimate of drug-likeness (QED) is 0.351. The summed E-state index contributed by atoms with van der Waals surface area (Å²) in [7, 11) is 0. The van der Waals surface area contributed by atoms with E-state index >= 15 is 0 Å². The van der Waals surface area contributed by atoms with Crippen molar-refractivity contribution in [2.24, 2.45) is 5.92 Å². The fourth-order valence-corrected chi connectivity index (χ4v) is 4.56. The van der Waals surface area contributed by atoms with Crippen LogP contribution in [0.25, 0.3) is 0 Å². The number of carbonyl (C=O) groups is 3. The van der Waals surface area contributed by atoms with E-state index in [0.717, 1.165) is 6.07 Å². The summed E-state index contributed by atoms with van der Waals surface area (Å²) in [4.78, 5) is 39.7. The Bertz CT molecular complexity index is 1150. The van der Waals surface area contributed by atoms with E-state index in [2.05, 4.69) is 10.6 Å². The maximum Gasteiger partial charge on any atom is 0.252 e. The highest BCUT2D eigenvalue weighted by Crippen LogP contribution is 2.36. The molecule has 0 radical (unpaired) electrons. The van der Waals surface area contributed by atoms with Gasteiger partial charge in [-0.1, -0.05) is 6.07 Å². The molecule has 10 heteroatoms. The average molecular weight is 500 g/mol. The van der Waals surface area contributed by atoms with Gasteiger partial charge in [-0.15, -0.1) is 0 Å². The Balaban J connectivity index is 1.31. The minimum absolute atomic E-state index is 0.0599. The minimum atomic E-state index is -1.30. The number of phenolic OH excluding ortho intramolecular Hbond substituents is 2. The summed E-state index contributed by atoms with van der Waals surface area (Å²) >= 11 is 0. The van der Waals surface area contributed by atoms with Crippen molar-refractivity contribution in [3.8, 4) is 11.5 Å². The van der Waals surface area contributed by atoms with Crippen molar-refractivity contribution < 1.29 is 34.1 Å². The first kappa shape index (κ1) is 25.4. The Kier molecular flexibility index (Phi) is 7.16. The molecule has 1 saturated carbocycles. The molecular weight excluding hydrogens is 469 g/mol. The summed E-state index contributed by atoms with van der Waals surface area (Å²) in [6.07, 6.45) is 1.10. The molecule has 0 bridgehead atoms. The van der Waals surface area contributed by atoms with Gasteiger partial charge < -0.3 is 30.9 Å². The normalized spacial score (nSPS) is 17.8. The van der Waals surface area contributed by atoms with Gasteiger partial charge in [0.15, 0.2) is 5.78 Å². The summed E-state index contributed by atoms with van der Waals surface area (Å²) in [6, 6.07) is 7.97. The number of anilines is 1. The zero-order valence-electron chi connectivity index (χ0n) is 20.0. The van der Waals surface area contributed by atoms with Crippen LogP contribution in [0.2, 0.25) is 0 Å². The smallest absolute Gasteiger partial charge is 0.252 e. The van der Waals surface area contributed by atoms with Crippen LogP contribution in [-0.2, 0) is 4.79 Å². The van der Waals surface area contributed by atoms with Crippen LogP contribution < -0.4 is 15.5 Å². The first-order chi connectivity index (χ1) is 17.1. The number of hydrogen-bond acceptors (Lipinski definition) is 7. The summed E-state index contributed by atoms with van der Waals surface area (Å²) in [6.45, 7) is 2.86. The number of aromatic hydroxyl groups is 2. The molecule has 1 atom stereocenters. The van der Waals surface area contributed by atoms with E-state index in [9.17, 15) is 34.1 Å². The Labute approximate surface area is 207 Å². The predicted molar refractivity (Wildman–Crippen MR) is 130 cm³/mol. The third-order valence-corrected chi connectivity index (χ3v) is 6.83. The van der Waals surface area contributed by atoms with Crippen LogP contribution in [0, 0.1) is 11.7 Å². The summed E-state index contributed by atoms with van der Waals surface area (Å²) in [5.41, 5.74) is -0.590. The number of benzene rings is 2. The fourth-order valence-electron chi connectivity index (χ4n) is 4.56. The molecule has 9 nitrogen and oxygen atoms in total. The highest BCUT2D eigenvalue weighted by atomic mass is 19.1. The van der Waals surface area contributed by atoms with Crippen LogP contribution in [0.15, 0.2) is 36.4 Å². The second kappa shape index (κ2) is 10.1. The van der Waals surface area contributed by atoms with Crippen molar-refractivity contribution in [2.75, 3.05) is 24.5 Å². The third kappa shape index (κ3) is 5.43. The number of piperidine rings is 1. The summed E-state index contributed by atoms with van der Waals surface area (Å²) in [5, 5.41) is 34.5. The van der Waals surface area contributed by atoms with Crippen molar-refractivity contribution in [3.63, 3.8) is 0 Å². The summed E-state index contributed by atoms with van der Waals surface area (Å²) in [5.74, 6) is -2.48. The molecule has 2 fully saturated rings. The lowest BCUT2D eigenvalue weighted by Crippen LogP contribution is -2.50. The van der Waals surface area contributed by atoms with Crippen molar-refractivity contribution in [1.29, 1.82) is 0 Å². The summed E-state index contributed by atoms with van der Waals surface area (Å²) < 4.78 is 14.4. The molecule has 2 aromatic rings. The number of Topliss-reactive ketones (excluding diaryl/α,β-unsaturated/α-hetero) is 1. The number of amides is 2. The SMILES string of the molecule is CC(O)C(=O)c1c(F)cccc1N1CCC(CNC(=O)C2(NC(=O)c3cc(O)cc(O)c3)CC2)CC1. The van der Waals surface area contributed by atoms with E-state index in [1.165, 1.54) is 31.2 Å². The molecule has 1 aliphatic heterocycles. The van der Waals surface area contributed by atoms with Crippen LogP contribution >= 0.6 is 0 Å². The highest BCUT2D eigenvalue weighted by Gasteiger charge is 2.51. The molecule has 2 aromatic carbocycles. The van der Waals surface area contributed by atoms with E-state index in [1.54, 1.807) is 6.07 Å². The van der Waals surface area contributed by atoms with Gasteiger partial charge in [-0.05, 0) is 62.8 Å². The maximum absolute atomic E-state index is 14.4. The van der Waals surface area contributed by atoms with Gasteiger partial charge in [0.25, 0.3) is 5.91 Å². The van der Waals surface area contributed by atoms with Gasteiger partial charge in [0.2, 0.25) is 5.91 Å². The number of halogens is 1. The molecule has 0 aromatic heterocycles. The number of carbonyl (C=O) groups excluding carboxylic acids is 3. The van der Waals surface area contributed by atoms with E-state index < -0.39 is 29.2 Å². The minimum Gasteiger partial charge on any atom is -0.508 e. The van der Waals surface area contributed by atoms with Gasteiger partial charge in [-0.2, -0.15) is 0 Å². The van der Waals surface area contributed by atoms with Gasteiger partial charge in [0, 0.05) is 31.3 Å². The fraction of sp³-hybridized carbons (Fsp3) is 0.423. The Morgan fingerprint density at radius 2 is 1.75 bits per heavy atom. The molecule has 1 saturated heterocycles. The maximum atomic E-state index is 14.4. The number of aliphatic hydroxyl groups is 1. The standard InChI is InChI=1S/C26H30FN3O6/c1-15(31)23(34)22-20(27)3-2-4-21(22)30-9-5-16(6-10-30)14-28-25(36)26(7-8-26)29-24(35)17-11-18(32)13-19(33)12-17/h2-4,11-13,15-16,31-33H,5-10,14H2,1H3,(H,28,36)(H,29,35). The molecule has 1 heterocycles. The van der Waals surface area contributed by atoms with E-state index in [-0.39, 0.29) is 34.5 Å². The first-order valence-electron chi connectivity index (χ1n) is 12.0. The molecule has 4 rings (SSSR count). The lowest BCUT2D eigenvalue weighted by atomic mass is 9.94. The number of ketones is 1.